The van der Waals surface area contributed by atoms with Crippen LogP contribution in [0.3, 0.4) is 0 Å². The number of anilines is 1. The monoisotopic (exact) mass is 363 g/mol. The minimum Gasteiger partial charge on any atom is -0.311 e. The topological polar surface area (TPSA) is 20.3 Å². The quantitative estimate of drug-likeness (QED) is 0.422. The highest BCUT2D eigenvalue weighted by molar-refractivity contribution is 6.15. The van der Waals surface area contributed by atoms with Crippen molar-refractivity contribution in [2.45, 2.75) is 13.3 Å². The van der Waals surface area contributed by atoms with E-state index in [0.717, 1.165) is 24.0 Å². The Hall–Kier alpha value is -3.39. The van der Waals surface area contributed by atoms with Gasteiger partial charge in [-0.25, -0.2) is 0 Å². The molecule has 2 heteroatoms. The summed E-state index contributed by atoms with van der Waals surface area (Å²) in [5, 5.41) is 2.35. The number of carbonyl (C=O) groups is 1. The lowest BCUT2D eigenvalue weighted by Gasteiger charge is -2.22. The van der Waals surface area contributed by atoms with E-state index in [2.05, 4.69) is 84.9 Å². The van der Waals surface area contributed by atoms with Gasteiger partial charge < -0.3 is 4.90 Å². The molecule has 0 spiro atoms. The van der Waals surface area contributed by atoms with Crippen molar-refractivity contribution in [1.82, 2.24) is 0 Å². The molecule has 0 aliphatic carbocycles. The van der Waals surface area contributed by atoms with Crippen LogP contribution in [0.25, 0.3) is 33.0 Å². The van der Waals surface area contributed by atoms with Gasteiger partial charge in [0.2, 0.25) is 5.91 Å². The van der Waals surface area contributed by atoms with Crippen molar-refractivity contribution in [1.29, 1.82) is 0 Å². The van der Waals surface area contributed by atoms with Gasteiger partial charge in [-0.3, -0.25) is 4.79 Å². The zero-order chi connectivity index (χ0) is 19.1. The highest BCUT2D eigenvalue weighted by atomic mass is 16.2. The normalized spacial score (nSPS) is 13.0. The largest absolute Gasteiger partial charge is 0.311 e. The van der Waals surface area contributed by atoms with Crippen molar-refractivity contribution in [3.63, 3.8) is 0 Å². The summed E-state index contributed by atoms with van der Waals surface area (Å²) < 4.78 is 0. The Morgan fingerprint density at radius 2 is 1.25 bits per heavy atom. The smallest absolute Gasteiger partial charge is 0.223 e. The van der Waals surface area contributed by atoms with Crippen LogP contribution in [0.4, 0.5) is 5.69 Å². The molecule has 4 aromatic carbocycles. The second-order valence-electron chi connectivity index (χ2n) is 7.28. The highest BCUT2D eigenvalue weighted by Crippen LogP contribution is 2.48. The lowest BCUT2D eigenvalue weighted by atomic mass is 9.85. The first-order chi connectivity index (χ1) is 13.8. The van der Waals surface area contributed by atoms with Crippen LogP contribution < -0.4 is 4.90 Å². The number of fused-ring (bicyclic) bond motifs is 3. The fourth-order valence-electron chi connectivity index (χ4n) is 4.50. The van der Waals surface area contributed by atoms with E-state index in [1.54, 1.807) is 6.92 Å². The maximum absolute atomic E-state index is 12.4. The first kappa shape index (κ1) is 16.8. The van der Waals surface area contributed by atoms with Gasteiger partial charge in [0, 0.05) is 18.9 Å². The molecule has 0 atom stereocenters. The number of carbonyl (C=O) groups excluding carboxylic acids is 1. The van der Waals surface area contributed by atoms with Gasteiger partial charge in [0.25, 0.3) is 0 Å². The van der Waals surface area contributed by atoms with E-state index < -0.39 is 0 Å². The van der Waals surface area contributed by atoms with Crippen molar-refractivity contribution >= 4 is 22.4 Å². The van der Waals surface area contributed by atoms with Crippen molar-refractivity contribution in [2.75, 3.05) is 11.4 Å². The Balaban J connectivity index is 1.97. The number of amides is 1. The molecule has 1 aliphatic heterocycles. The van der Waals surface area contributed by atoms with Gasteiger partial charge in [0.05, 0.1) is 5.69 Å². The van der Waals surface area contributed by atoms with Gasteiger partial charge in [-0.2, -0.15) is 0 Å². The molecule has 1 amide bonds. The molecule has 136 valence electrons. The highest BCUT2D eigenvalue weighted by Gasteiger charge is 2.30. The summed E-state index contributed by atoms with van der Waals surface area (Å²) in [6.07, 6.45) is 0.879. The molecule has 4 aromatic rings. The van der Waals surface area contributed by atoms with Crippen LogP contribution >= 0.6 is 0 Å². The summed E-state index contributed by atoms with van der Waals surface area (Å²) >= 11 is 0. The van der Waals surface area contributed by atoms with E-state index in [1.807, 2.05) is 4.90 Å². The Morgan fingerprint density at radius 3 is 1.86 bits per heavy atom. The molecule has 0 saturated carbocycles. The molecule has 5 rings (SSSR count). The minimum absolute atomic E-state index is 0.107. The second kappa shape index (κ2) is 6.65. The number of benzene rings is 4. The summed E-state index contributed by atoms with van der Waals surface area (Å²) in [6, 6.07) is 29.6. The Morgan fingerprint density at radius 1 is 0.714 bits per heavy atom. The Labute approximate surface area is 165 Å². The predicted octanol–water partition coefficient (Wildman–Crippen LogP) is 6.08. The molecule has 28 heavy (non-hydrogen) atoms. The van der Waals surface area contributed by atoms with Crippen molar-refractivity contribution in [2.24, 2.45) is 0 Å². The van der Waals surface area contributed by atoms with E-state index in [-0.39, 0.29) is 5.91 Å². The molecular formula is C26H21NO. The Kier molecular flexibility index (Phi) is 3.98. The van der Waals surface area contributed by atoms with Crippen molar-refractivity contribution in [3.05, 3.63) is 90.5 Å². The van der Waals surface area contributed by atoms with Gasteiger partial charge in [-0.05, 0) is 39.6 Å². The maximum Gasteiger partial charge on any atom is 0.223 e. The molecule has 0 saturated heterocycles. The molecule has 1 heterocycles. The molecule has 2 nitrogen and oxygen atoms in total. The minimum atomic E-state index is 0.107. The van der Waals surface area contributed by atoms with Crippen molar-refractivity contribution in [3.8, 4) is 22.3 Å². The van der Waals surface area contributed by atoms with Gasteiger partial charge in [0.1, 0.15) is 0 Å². The molecular weight excluding hydrogens is 342 g/mol. The average Bonchev–Trinajstić information content (AvgIpc) is 3.19. The molecule has 0 bridgehead atoms. The van der Waals surface area contributed by atoms with Crippen LogP contribution in [0.5, 0.6) is 0 Å². The average molecular weight is 363 g/mol. The van der Waals surface area contributed by atoms with E-state index in [1.165, 1.54) is 33.2 Å². The number of rotatable bonds is 2. The fraction of sp³-hybridized carbons (Fsp3) is 0.115. The molecule has 0 N–H and O–H groups in total. The number of nitrogens with zero attached hydrogens (tertiary/aromatic N) is 1. The van der Waals surface area contributed by atoms with Crippen LogP contribution in [0, 0.1) is 0 Å². The maximum atomic E-state index is 12.4. The molecule has 0 unspecified atom stereocenters. The molecule has 0 fully saturated rings. The number of hydrogen-bond donors (Lipinski definition) is 0. The predicted molar refractivity (Wildman–Crippen MR) is 117 cm³/mol. The molecule has 0 aromatic heterocycles. The Bertz CT molecular complexity index is 1180. The van der Waals surface area contributed by atoms with E-state index in [4.69, 9.17) is 0 Å². The van der Waals surface area contributed by atoms with Gasteiger partial charge >= 0.3 is 0 Å². The van der Waals surface area contributed by atoms with E-state index >= 15 is 0 Å². The summed E-state index contributed by atoms with van der Waals surface area (Å²) in [6.45, 7) is 2.41. The first-order valence-corrected chi connectivity index (χ1v) is 9.72. The zero-order valence-electron chi connectivity index (χ0n) is 15.9. The lowest BCUT2D eigenvalue weighted by molar-refractivity contribution is -0.116. The lowest BCUT2D eigenvalue weighted by Crippen LogP contribution is -2.26. The zero-order valence-corrected chi connectivity index (χ0v) is 15.9. The molecule has 1 aliphatic rings. The number of hydrogen-bond acceptors (Lipinski definition) is 1. The third kappa shape index (κ3) is 2.53. The summed E-state index contributed by atoms with van der Waals surface area (Å²) in [5.41, 5.74) is 7.28. The van der Waals surface area contributed by atoms with Gasteiger partial charge in [-0.15, -0.1) is 0 Å². The van der Waals surface area contributed by atoms with Crippen LogP contribution in [0.2, 0.25) is 0 Å². The van der Waals surface area contributed by atoms with Crippen LogP contribution in [0.15, 0.2) is 84.9 Å². The van der Waals surface area contributed by atoms with Crippen LogP contribution in [-0.4, -0.2) is 12.5 Å². The van der Waals surface area contributed by atoms with Crippen LogP contribution in [-0.2, 0) is 11.2 Å². The van der Waals surface area contributed by atoms with Gasteiger partial charge in [-0.1, -0.05) is 84.9 Å². The summed E-state index contributed by atoms with van der Waals surface area (Å²) in [4.78, 5) is 14.3. The standard InChI is InChI=1S/C26H21NO/c1-18(28)27-17-16-23-25(20-12-6-3-7-13-20)24(19-10-4-2-5-11-19)21-14-8-9-15-22(21)26(23)27/h2-15H,16-17H2,1H3. The van der Waals surface area contributed by atoms with E-state index in [0.29, 0.717) is 0 Å². The third-order valence-corrected chi connectivity index (χ3v) is 5.65. The van der Waals surface area contributed by atoms with Gasteiger partial charge in [0.15, 0.2) is 0 Å². The van der Waals surface area contributed by atoms with Crippen LogP contribution in [0.1, 0.15) is 12.5 Å². The SMILES string of the molecule is CC(=O)N1CCc2c(-c3ccccc3)c(-c3ccccc3)c3ccccc3c21. The molecule has 0 radical (unpaired) electrons. The third-order valence-electron chi connectivity index (χ3n) is 5.65. The first-order valence-electron chi connectivity index (χ1n) is 9.72. The fourth-order valence-corrected chi connectivity index (χ4v) is 4.50. The summed E-state index contributed by atoms with van der Waals surface area (Å²) in [7, 11) is 0. The van der Waals surface area contributed by atoms with E-state index in [9.17, 15) is 4.79 Å². The summed E-state index contributed by atoms with van der Waals surface area (Å²) in [5.74, 6) is 0.107. The second-order valence-corrected chi connectivity index (χ2v) is 7.28. The van der Waals surface area contributed by atoms with Crippen molar-refractivity contribution < 1.29 is 4.79 Å².